The van der Waals surface area contributed by atoms with E-state index in [2.05, 4.69) is 9.72 Å². The van der Waals surface area contributed by atoms with E-state index >= 15 is 0 Å². The first-order valence-corrected chi connectivity index (χ1v) is 5.15. The molecule has 0 unspecified atom stereocenters. The molecular formula is C9H10N4O6. The molecule has 0 aromatic carbocycles. The summed E-state index contributed by atoms with van der Waals surface area (Å²) < 4.78 is 4.67. The minimum absolute atomic E-state index is 0.0215. The molecule has 19 heavy (non-hydrogen) atoms. The number of nitrogens with two attached hydrogens (primary N) is 1. The van der Waals surface area contributed by atoms with E-state index in [0.717, 1.165) is 6.20 Å². The Balaban J connectivity index is 2.97. The fraction of sp³-hybridized carbons (Fsp3) is 0.333. The Morgan fingerprint density at radius 3 is 2.58 bits per heavy atom. The van der Waals surface area contributed by atoms with Crippen molar-refractivity contribution in [2.75, 3.05) is 6.54 Å². The molecule has 102 valence electrons. The van der Waals surface area contributed by atoms with Crippen LogP contribution in [0.3, 0.4) is 0 Å². The van der Waals surface area contributed by atoms with Crippen molar-refractivity contribution in [1.29, 1.82) is 0 Å². The van der Waals surface area contributed by atoms with Crippen LogP contribution >= 0.6 is 0 Å². The molecule has 1 heterocycles. The highest BCUT2D eigenvalue weighted by Gasteiger charge is 2.24. The number of esters is 1. The molecule has 0 aliphatic rings. The first-order valence-electron chi connectivity index (χ1n) is 5.15. The van der Waals surface area contributed by atoms with Crippen LogP contribution in [-0.2, 0) is 4.79 Å². The second-order valence-corrected chi connectivity index (χ2v) is 3.40. The first-order chi connectivity index (χ1) is 8.95. The quantitative estimate of drug-likeness (QED) is 0.446. The average molecular weight is 270 g/mol. The third-order valence-corrected chi connectivity index (χ3v) is 2.02. The van der Waals surface area contributed by atoms with Gasteiger partial charge in [0.15, 0.2) is 0 Å². The Morgan fingerprint density at radius 1 is 1.37 bits per heavy atom. The molecule has 0 radical (unpaired) electrons. The number of ether oxygens (including phenoxy) is 1. The number of hydrogen-bond donors (Lipinski definition) is 1. The van der Waals surface area contributed by atoms with Crippen LogP contribution < -0.4 is 10.5 Å². The number of nitrogens with zero attached hydrogens (tertiary/aromatic N) is 3. The van der Waals surface area contributed by atoms with Crippen LogP contribution in [0.25, 0.3) is 0 Å². The van der Waals surface area contributed by atoms with Crippen molar-refractivity contribution in [3.8, 4) is 5.88 Å². The minimum Gasteiger partial charge on any atom is -0.401 e. The Labute approximate surface area is 106 Å². The van der Waals surface area contributed by atoms with Crippen molar-refractivity contribution >= 4 is 17.3 Å². The number of carbonyl (C=O) groups is 1. The lowest BCUT2D eigenvalue weighted by Crippen LogP contribution is -2.12. The smallest absolute Gasteiger partial charge is 0.338 e. The van der Waals surface area contributed by atoms with Crippen molar-refractivity contribution in [2.45, 2.75) is 12.8 Å². The molecule has 0 aliphatic heterocycles. The first kappa shape index (κ1) is 14.4. The van der Waals surface area contributed by atoms with Gasteiger partial charge in [-0.05, 0) is 13.0 Å². The summed E-state index contributed by atoms with van der Waals surface area (Å²) in [5, 5.41) is 21.2. The summed E-state index contributed by atoms with van der Waals surface area (Å²) in [7, 11) is 0. The second-order valence-electron chi connectivity index (χ2n) is 3.40. The van der Waals surface area contributed by atoms with Gasteiger partial charge in [-0.15, -0.1) is 0 Å². The monoisotopic (exact) mass is 270 g/mol. The van der Waals surface area contributed by atoms with Crippen LogP contribution in [0.4, 0.5) is 11.4 Å². The van der Waals surface area contributed by atoms with E-state index in [-0.39, 0.29) is 13.0 Å². The molecule has 0 amide bonds. The molecule has 1 aromatic heterocycles. The highest BCUT2D eigenvalue weighted by Crippen LogP contribution is 2.28. The van der Waals surface area contributed by atoms with Crippen molar-refractivity contribution in [3.05, 3.63) is 32.5 Å². The Hall–Kier alpha value is -2.62. The molecular weight excluding hydrogens is 260 g/mol. The highest BCUT2D eigenvalue weighted by molar-refractivity contribution is 5.73. The largest absolute Gasteiger partial charge is 0.401 e. The zero-order valence-electron chi connectivity index (χ0n) is 9.64. The molecule has 10 nitrogen and oxygen atoms in total. The number of nitro groups is 2. The van der Waals surface area contributed by atoms with E-state index < -0.39 is 33.1 Å². The molecule has 1 rings (SSSR count). The standard InChI is InChI=1S/C9H10N4O6/c10-3-1-2-8(14)19-9-7(13(17)18)4-6(5-11-9)12(15)16/h4-5H,1-3,10H2. The summed E-state index contributed by atoms with van der Waals surface area (Å²) in [6.45, 7) is 0.269. The van der Waals surface area contributed by atoms with Crippen LogP contribution in [0.5, 0.6) is 5.88 Å². The third kappa shape index (κ3) is 3.96. The van der Waals surface area contributed by atoms with E-state index in [1.807, 2.05) is 0 Å². The fourth-order valence-corrected chi connectivity index (χ4v) is 1.14. The highest BCUT2D eigenvalue weighted by atomic mass is 16.6. The van der Waals surface area contributed by atoms with Crippen molar-refractivity contribution in [3.63, 3.8) is 0 Å². The molecule has 0 atom stereocenters. The van der Waals surface area contributed by atoms with Gasteiger partial charge in [-0.2, -0.15) is 0 Å². The molecule has 0 fully saturated rings. The number of aromatic nitrogens is 1. The van der Waals surface area contributed by atoms with Crippen LogP contribution in [0.1, 0.15) is 12.8 Å². The fourth-order valence-electron chi connectivity index (χ4n) is 1.14. The van der Waals surface area contributed by atoms with Crippen LogP contribution in [-0.4, -0.2) is 27.3 Å². The molecule has 0 saturated heterocycles. The van der Waals surface area contributed by atoms with Crippen molar-refractivity contribution < 1.29 is 19.4 Å². The van der Waals surface area contributed by atoms with Crippen LogP contribution in [0, 0.1) is 20.2 Å². The van der Waals surface area contributed by atoms with E-state index in [1.165, 1.54) is 0 Å². The number of hydrogen-bond acceptors (Lipinski definition) is 8. The summed E-state index contributed by atoms with van der Waals surface area (Å²) >= 11 is 0. The average Bonchev–Trinajstić information content (AvgIpc) is 2.36. The summed E-state index contributed by atoms with van der Waals surface area (Å²) in [4.78, 5) is 34.2. The zero-order chi connectivity index (χ0) is 14.4. The van der Waals surface area contributed by atoms with Gasteiger partial charge in [0.05, 0.1) is 9.85 Å². The maximum atomic E-state index is 11.3. The molecule has 0 bridgehead atoms. The molecule has 0 spiro atoms. The van der Waals surface area contributed by atoms with E-state index in [9.17, 15) is 25.0 Å². The van der Waals surface area contributed by atoms with Gasteiger partial charge in [-0.3, -0.25) is 25.0 Å². The Kier molecular flexibility index (Phi) is 4.83. The molecule has 0 saturated carbocycles. The Morgan fingerprint density at radius 2 is 2.05 bits per heavy atom. The molecule has 2 N–H and O–H groups in total. The lowest BCUT2D eigenvalue weighted by Gasteiger charge is -2.03. The number of pyridine rings is 1. The van der Waals surface area contributed by atoms with Gasteiger partial charge in [0, 0.05) is 6.42 Å². The van der Waals surface area contributed by atoms with Gasteiger partial charge in [-0.1, -0.05) is 0 Å². The number of carbonyl (C=O) groups excluding carboxylic acids is 1. The zero-order valence-corrected chi connectivity index (χ0v) is 9.64. The summed E-state index contributed by atoms with van der Waals surface area (Å²) in [5.74, 6) is -1.31. The maximum absolute atomic E-state index is 11.3. The topological polar surface area (TPSA) is 151 Å². The van der Waals surface area contributed by atoms with Gasteiger partial charge < -0.3 is 10.5 Å². The van der Waals surface area contributed by atoms with Crippen LogP contribution in [0.2, 0.25) is 0 Å². The van der Waals surface area contributed by atoms with Gasteiger partial charge in [0.1, 0.15) is 12.3 Å². The predicted molar refractivity (Wildman–Crippen MR) is 61.5 cm³/mol. The second kappa shape index (κ2) is 6.35. The lowest BCUT2D eigenvalue weighted by atomic mass is 10.3. The number of rotatable bonds is 6. The normalized spacial score (nSPS) is 9.95. The van der Waals surface area contributed by atoms with E-state index in [4.69, 9.17) is 5.73 Å². The predicted octanol–water partition coefficient (Wildman–Crippen LogP) is 0.542. The molecule has 10 heteroatoms. The Bertz CT molecular complexity index is 517. The van der Waals surface area contributed by atoms with E-state index in [0.29, 0.717) is 12.5 Å². The maximum Gasteiger partial charge on any atom is 0.338 e. The van der Waals surface area contributed by atoms with Crippen LogP contribution in [0.15, 0.2) is 12.3 Å². The van der Waals surface area contributed by atoms with E-state index in [1.54, 1.807) is 0 Å². The van der Waals surface area contributed by atoms with Crippen molar-refractivity contribution in [2.24, 2.45) is 5.73 Å². The van der Waals surface area contributed by atoms with Gasteiger partial charge >= 0.3 is 17.5 Å². The van der Waals surface area contributed by atoms with Crippen molar-refractivity contribution in [1.82, 2.24) is 4.98 Å². The molecule has 1 aromatic rings. The summed E-state index contributed by atoms with van der Waals surface area (Å²) in [6, 6.07) is 0.679. The SMILES string of the molecule is NCCCC(=O)Oc1ncc([N+](=O)[O-])cc1[N+](=O)[O-]. The summed E-state index contributed by atoms with van der Waals surface area (Å²) in [6.07, 6.45) is 1.12. The summed E-state index contributed by atoms with van der Waals surface area (Å²) in [5.41, 5.74) is 3.89. The lowest BCUT2D eigenvalue weighted by molar-refractivity contribution is -0.395. The minimum atomic E-state index is -0.911. The van der Waals surface area contributed by atoms with Gasteiger partial charge in [-0.25, -0.2) is 4.98 Å². The third-order valence-electron chi connectivity index (χ3n) is 2.02. The van der Waals surface area contributed by atoms with Gasteiger partial charge in [0.25, 0.3) is 5.69 Å². The molecule has 0 aliphatic carbocycles. The van der Waals surface area contributed by atoms with Gasteiger partial charge in [0.2, 0.25) is 0 Å².